The molecule has 0 spiro atoms. The van der Waals surface area contributed by atoms with Crippen molar-refractivity contribution in [3.8, 4) is 11.5 Å². The number of rotatable bonds is 8. The summed E-state index contributed by atoms with van der Waals surface area (Å²) in [6.07, 6.45) is 0. The Morgan fingerprint density at radius 2 is 1.08 bits per heavy atom. The lowest BCUT2D eigenvalue weighted by molar-refractivity contribution is -0.384. The van der Waals surface area contributed by atoms with E-state index in [-0.39, 0.29) is 11.5 Å². The molecule has 0 aromatic heterocycles. The predicted octanol–water partition coefficient (Wildman–Crippen LogP) is 7.56. The van der Waals surface area contributed by atoms with Gasteiger partial charge >= 0.3 is 0 Å². The molecule has 2 fully saturated rings. The van der Waals surface area contributed by atoms with Gasteiger partial charge < -0.3 is 9.47 Å². The number of nitro groups is 1. The summed E-state index contributed by atoms with van der Waals surface area (Å²) in [7, 11) is 3.13. The fourth-order valence-electron chi connectivity index (χ4n) is 8.71. The highest BCUT2D eigenvalue weighted by atomic mass is 79.9. The maximum atomic E-state index is 16.1. The van der Waals surface area contributed by atoms with Gasteiger partial charge in [0.1, 0.15) is 17.2 Å². The third kappa shape index (κ3) is 4.29. The molecule has 9 nitrogen and oxygen atoms in total. The minimum atomic E-state index is -1.67. The lowest BCUT2D eigenvalue weighted by Crippen LogP contribution is -2.45. The third-order valence-corrected chi connectivity index (χ3v) is 11.1. The molecule has 2 amide bonds. The Morgan fingerprint density at radius 1 is 0.647 bits per heavy atom. The van der Waals surface area contributed by atoms with E-state index in [1.165, 1.54) is 12.1 Å². The summed E-state index contributed by atoms with van der Waals surface area (Å²) in [5.74, 6) is -2.92. The highest BCUT2D eigenvalue weighted by Crippen LogP contribution is 2.74. The number of carbonyl (C=O) groups excluding carboxylic acids is 3. The average molecular weight is 742 g/mol. The summed E-state index contributed by atoms with van der Waals surface area (Å²) in [6, 6.07) is 37.1. The maximum absolute atomic E-state index is 16.1. The Labute approximate surface area is 301 Å². The zero-order valence-electron chi connectivity index (χ0n) is 27.4. The second-order valence-corrected chi connectivity index (χ2v) is 13.7. The molecule has 3 aliphatic rings. The van der Waals surface area contributed by atoms with E-state index >= 15 is 14.4 Å². The summed E-state index contributed by atoms with van der Waals surface area (Å²) in [5.41, 5.74) is -0.291. The first-order valence-electron chi connectivity index (χ1n) is 16.2. The number of ether oxygens (including phenoxy) is 2. The van der Waals surface area contributed by atoms with Crippen LogP contribution < -0.4 is 14.4 Å². The van der Waals surface area contributed by atoms with Crippen LogP contribution in [-0.2, 0) is 25.2 Å². The van der Waals surface area contributed by atoms with Crippen LogP contribution in [0.15, 0.2) is 132 Å². The fourth-order valence-corrected chi connectivity index (χ4v) is 9.06. The zero-order valence-corrected chi connectivity index (χ0v) is 29.0. The number of nitrogens with zero attached hydrogens (tertiary/aromatic N) is 2. The molecule has 252 valence electrons. The Kier molecular flexibility index (Phi) is 7.53. The van der Waals surface area contributed by atoms with E-state index in [2.05, 4.69) is 15.9 Å². The van der Waals surface area contributed by atoms with Crippen molar-refractivity contribution in [3.05, 3.63) is 164 Å². The molecule has 0 radical (unpaired) electrons. The summed E-state index contributed by atoms with van der Waals surface area (Å²) >= 11 is 3.29. The number of hydrogen-bond donors (Lipinski definition) is 0. The van der Waals surface area contributed by atoms with E-state index in [1.807, 2.05) is 84.9 Å². The second-order valence-electron chi connectivity index (χ2n) is 12.7. The monoisotopic (exact) mass is 740 g/mol. The number of imide groups is 1. The molecule has 5 aromatic rings. The topological polar surface area (TPSA) is 116 Å². The van der Waals surface area contributed by atoms with Gasteiger partial charge in [0.25, 0.3) is 5.69 Å². The normalized spacial score (nSPS) is 23.5. The van der Waals surface area contributed by atoms with Crippen LogP contribution >= 0.6 is 15.9 Å². The lowest BCUT2D eigenvalue weighted by Gasteiger charge is -2.39. The van der Waals surface area contributed by atoms with Crippen LogP contribution in [0.1, 0.15) is 22.3 Å². The summed E-state index contributed by atoms with van der Waals surface area (Å²) in [5, 5.41) is 12.4. The highest BCUT2D eigenvalue weighted by molar-refractivity contribution is 9.10. The third-order valence-electron chi connectivity index (χ3n) is 10.6. The molecule has 5 aromatic carbocycles. The summed E-state index contributed by atoms with van der Waals surface area (Å²) in [4.78, 5) is 59.2. The Morgan fingerprint density at radius 3 is 1.47 bits per heavy atom. The van der Waals surface area contributed by atoms with Crippen LogP contribution in [0, 0.1) is 22.0 Å². The first-order chi connectivity index (χ1) is 24.7. The number of nitro benzene ring substituents is 1. The SMILES string of the molecule is COc1ccc(C2=C(c3ccc(OC)cc3)[C@@]3(c4ccccc4)C(=O)[C@@]2(c2ccccc2)[C@H]2C(=O)N(c4ccc(Br)cc4[N+](=O)[O-])C(=O)[C@@H]23)cc1. The van der Waals surface area contributed by atoms with E-state index in [0.717, 1.165) is 4.90 Å². The fraction of sp³-hybridized carbons (Fsp3) is 0.146. The van der Waals surface area contributed by atoms with Gasteiger partial charge in [0, 0.05) is 10.5 Å². The van der Waals surface area contributed by atoms with Gasteiger partial charge in [0.2, 0.25) is 11.8 Å². The molecule has 0 unspecified atom stereocenters. The van der Waals surface area contributed by atoms with Gasteiger partial charge in [-0.1, -0.05) is 101 Å². The molecule has 2 aliphatic carbocycles. The number of anilines is 1. The Balaban J connectivity index is 1.54. The number of hydrogen-bond acceptors (Lipinski definition) is 7. The van der Waals surface area contributed by atoms with Gasteiger partial charge in [-0.3, -0.25) is 24.5 Å². The van der Waals surface area contributed by atoms with E-state index in [1.54, 1.807) is 44.6 Å². The molecule has 8 rings (SSSR count). The molecular formula is C41H29BrN2O7. The van der Waals surface area contributed by atoms with Crippen LogP contribution in [0.3, 0.4) is 0 Å². The number of amides is 2. The molecule has 0 N–H and O–H groups in total. The molecule has 1 heterocycles. The van der Waals surface area contributed by atoms with Gasteiger partial charge in [0.05, 0.1) is 41.8 Å². The molecule has 1 aliphatic heterocycles. The number of carbonyl (C=O) groups is 3. The zero-order chi connectivity index (χ0) is 35.7. The lowest BCUT2D eigenvalue weighted by atomic mass is 9.59. The van der Waals surface area contributed by atoms with Gasteiger partial charge in [-0.05, 0) is 69.8 Å². The smallest absolute Gasteiger partial charge is 0.294 e. The molecule has 10 heteroatoms. The molecule has 1 saturated heterocycles. The van der Waals surface area contributed by atoms with Crippen molar-refractivity contribution in [1.82, 2.24) is 0 Å². The number of allylic oxidation sites excluding steroid dienone is 2. The Hall–Kier alpha value is -5.87. The minimum absolute atomic E-state index is 0.150. The second kappa shape index (κ2) is 11.9. The average Bonchev–Trinajstić information content (AvgIpc) is 3.67. The number of halogens is 1. The standard InChI is InChI=1S/C41H29BrN2O7/c1-50-29-18-13-24(14-19-29)33-34(25-15-20-30(51-2)21-16-25)41(27-11-7-4-8-12-27)36-35(40(33,39(41)47)26-9-5-3-6-10-26)37(45)43(38(36)46)31-22-17-28(42)23-32(31)44(48)49/h3-23,35-36H,1-2H3/t35-,36-,40-,41-/m1/s1. The minimum Gasteiger partial charge on any atom is -0.497 e. The van der Waals surface area contributed by atoms with Crippen molar-refractivity contribution < 1.29 is 28.8 Å². The van der Waals surface area contributed by atoms with Gasteiger partial charge in [0.15, 0.2) is 5.78 Å². The number of methoxy groups -OCH3 is 2. The van der Waals surface area contributed by atoms with Crippen LogP contribution in [-0.4, -0.2) is 36.7 Å². The van der Waals surface area contributed by atoms with Crippen LogP contribution in [0.25, 0.3) is 11.1 Å². The quantitative estimate of drug-likeness (QED) is 0.0916. The first-order valence-corrected chi connectivity index (χ1v) is 17.0. The molecule has 4 atom stereocenters. The van der Waals surface area contributed by atoms with Crippen LogP contribution in [0.2, 0.25) is 0 Å². The van der Waals surface area contributed by atoms with Gasteiger partial charge in [-0.2, -0.15) is 0 Å². The Bertz CT molecular complexity index is 2160. The molecule has 51 heavy (non-hydrogen) atoms. The van der Waals surface area contributed by atoms with Crippen LogP contribution in [0.5, 0.6) is 11.5 Å². The highest BCUT2D eigenvalue weighted by Gasteiger charge is 2.83. The van der Waals surface area contributed by atoms with Gasteiger partial charge in [-0.25, -0.2) is 4.90 Å². The summed E-state index contributed by atoms with van der Waals surface area (Å²) in [6.45, 7) is 0. The van der Waals surface area contributed by atoms with Crippen molar-refractivity contribution in [2.24, 2.45) is 11.8 Å². The number of ketones is 1. The number of Topliss-reactive ketones (excluding diaryl/α,β-unsaturated/α-hetero) is 1. The number of fused-ring (bicyclic) bond motifs is 5. The largest absolute Gasteiger partial charge is 0.497 e. The summed E-state index contributed by atoms with van der Waals surface area (Å²) < 4.78 is 11.4. The molecular weight excluding hydrogens is 712 g/mol. The van der Waals surface area contributed by atoms with E-state index < -0.39 is 45.1 Å². The molecule has 2 bridgehead atoms. The maximum Gasteiger partial charge on any atom is 0.294 e. The van der Waals surface area contributed by atoms with Crippen molar-refractivity contribution in [2.45, 2.75) is 10.8 Å². The van der Waals surface area contributed by atoms with Crippen molar-refractivity contribution >= 4 is 56.0 Å². The predicted molar refractivity (Wildman–Crippen MR) is 194 cm³/mol. The van der Waals surface area contributed by atoms with E-state index in [9.17, 15) is 10.1 Å². The first kappa shape index (κ1) is 32.3. The number of benzene rings is 5. The van der Waals surface area contributed by atoms with Crippen LogP contribution in [0.4, 0.5) is 11.4 Å². The van der Waals surface area contributed by atoms with Gasteiger partial charge in [-0.15, -0.1) is 0 Å². The van der Waals surface area contributed by atoms with Crippen molar-refractivity contribution in [1.29, 1.82) is 0 Å². The van der Waals surface area contributed by atoms with Crippen molar-refractivity contribution in [2.75, 3.05) is 19.1 Å². The van der Waals surface area contributed by atoms with E-state index in [0.29, 0.717) is 49.4 Å². The van der Waals surface area contributed by atoms with Crippen molar-refractivity contribution in [3.63, 3.8) is 0 Å². The molecule has 1 saturated carbocycles. The van der Waals surface area contributed by atoms with E-state index in [4.69, 9.17) is 9.47 Å².